The lowest BCUT2D eigenvalue weighted by Crippen LogP contribution is -2.13. The first-order valence-corrected chi connectivity index (χ1v) is 8.25. The fourth-order valence-corrected chi connectivity index (χ4v) is 3.29. The lowest BCUT2D eigenvalue weighted by Gasteiger charge is -2.06. The fraction of sp³-hybridized carbons (Fsp3) is 0.357. The second kappa shape index (κ2) is 7.09. The van der Waals surface area contributed by atoms with Crippen LogP contribution in [0.15, 0.2) is 22.7 Å². The van der Waals surface area contributed by atoms with Gasteiger partial charge in [0.25, 0.3) is 5.91 Å². The second-order valence-corrected chi connectivity index (χ2v) is 6.46. The van der Waals surface area contributed by atoms with Crippen LogP contribution in [0.25, 0.3) is 0 Å². The summed E-state index contributed by atoms with van der Waals surface area (Å²) in [7, 11) is 0. The number of anilines is 1. The lowest BCUT2D eigenvalue weighted by atomic mass is 10.1. The predicted octanol–water partition coefficient (Wildman–Crippen LogP) is 4.60. The predicted molar refractivity (Wildman–Crippen MR) is 85.3 cm³/mol. The molecule has 7 heteroatoms. The SMILES string of the molecule is CCC(CC)c1nnc(NC(=O)c2cc(Br)ccc2F)s1. The number of rotatable bonds is 5. The first kappa shape index (κ1) is 16.0. The number of halogens is 2. The quantitative estimate of drug-likeness (QED) is 0.835. The summed E-state index contributed by atoms with van der Waals surface area (Å²) in [5.74, 6) is -0.753. The van der Waals surface area contributed by atoms with Crippen molar-refractivity contribution in [3.05, 3.63) is 39.1 Å². The minimum atomic E-state index is -0.569. The third-order valence-corrected chi connectivity index (χ3v) is 4.66. The Bertz CT molecular complexity index is 643. The summed E-state index contributed by atoms with van der Waals surface area (Å²) in [6, 6.07) is 4.23. The molecule has 0 spiro atoms. The molecule has 0 atom stereocenters. The van der Waals surface area contributed by atoms with E-state index < -0.39 is 11.7 Å². The molecule has 0 aliphatic heterocycles. The highest BCUT2D eigenvalue weighted by molar-refractivity contribution is 9.10. The van der Waals surface area contributed by atoms with Gasteiger partial charge in [0, 0.05) is 10.4 Å². The van der Waals surface area contributed by atoms with Crippen molar-refractivity contribution in [1.29, 1.82) is 0 Å². The molecule has 1 aromatic heterocycles. The zero-order valence-electron chi connectivity index (χ0n) is 11.7. The molecule has 1 heterocycles. The molecule has 2 aromatic rings. The number of aromatic nitrogens is 2. The van der Waals surface area contributed by atoms with Gasteiger partial charge in [-0.25, -0.2) is 4.39 Å². The summed E-state index contributed by atoms with van der Waals surface area (Å²) >= 11 is 4.55. The summed E-state index contributed by atoms with van der Waals surface area (Å²) in [5.41, 5.74) is -0.0244. The third kappa shape index (κ3) is 3.85. The van der Waals surface area contributed by atoms with E-state index in [2.05, 4.69) is 45.3 Å². The zero-order valence-corrected chi connectivity index (χ0v) is 14.1. The average Bonchev–Trinajstić information content (AvgIpc) is 2.91. The Hall–Kier alpha value is -1.34. The molecule has 4 nitrogen and oxygen atoms in total. The van der Waals surface area contributed by atoms with Gasteiger partial charge in [-0.15, -0.1) is 10.2 Å². The van der Waals surface area contributed by atoms with Gasteiger partial charge in [0.2, 0.25) is 5.13 Å². The summed E-state index contributed by atoms with van der Waals surface area (Å²) in [6.07, 6.45) is 1.94. The fourth-order valence-electron chi connectivity index (χ4n) is 1.92. The number of carbonyl (C=O) groups excluding carboxylic acids is 1. The minimum absolute atomic E-state index is 0.0244. The highest BCUT2D eigenvalue weighted by Gasteiger charge is 2.17. The van der Waals surface area contributed by atoms with Crippen LogP contribution in [0.1, 0.15) is 48.0 Å². The summed E-state index contributed by atoms with van der Waals surface area (Å²) in [4.78, 5) is 12.1. The second-order valence-electron chi connectivity index (χ2n) is 4.54. The van der Waals surface area contributed by atoms with Gasteiger partial charge in [-0.05, 0) is 31.0 Å². The van der Waals surface area contributed by atoms with E-state index in [1.54, 1.807) is 6.07 Å². The monoisotopic (exact) mass is 371 g/mol. The normalized spacial score (nSPS) is 10.9. The van der Waals surface area contributed by atoms with Crippen LogP contribution in [-0.2, 0) is 0 Å². The van der Waals surface area contributed by atoms with E-state index in [9.17, 15) is 9.18 Å². The molecule has 2 rings (SSSR count). The van der Waals surface area contributed by atoms with Crippen molar-refractivity contribution in [3.63, 3.8) is 0 Å². The number of carbonyl (C=O) groups is 1. The molecule has 1 N–H and O–H groups in total. The van der Waals surface area contributed by atoms with Crippen molar-refractivity contribution in [2.75, 3.05) is 5.32 Å². The average molecular weight is 372 g/mol. The van der Waals surface area contributed by atoms with Gasteiger partial charge in [0.15, 0.2) is 0 Å². The number of nitrogens with one attached hydrogen (secondary N) is 1. The van der Waals surface area contributed by atoms with Gasteiger partial charge >= 0.3 is 0 Å². The number of hydrogen-bond acceptors (Lipinski definition) is 4. The number of amides is 1. The van der Waals surface area contributed by atoms with Crippen molar-refractivity contribution < 1.29 is 9.18 Å². The van der Waals surface area contributed by atoms with Crippen LogP contribution in [0, 0.1) is 5.82 Å². The molecular weight excluding hydrogens is 357 g/mol. The van der Waals surface area contributed by atoms with Gasteiger partial charge in [-0.1, -0.05) is 41.1 Å². The van der Waals surface area contributed by atoms with Gasteiger partial charge < -0.3 is 0 Å². The highest BCUT2D eigenvalue weighted by Crippen LogP contribution is 2.28. The molecule has 21 heavy (non-hydrogen) atoms. The maximum atomic E-state index is 13.7. The van der Waals surface area contributed by atoms with Crippen molar-refractivity contribution in [3.8, 4) is 0 Å². The Morgan fingerprint density at radius 1 is 1.38 bits per heavy atom. The van der Waals surface area contributed by atoms with Crippen molar-refractivity contribution >= 4 is 38.3 Å². The van der Waals surface area contributed by atoms with Crippen LogP contribution >= 0.6 is 27.3 Å². The van der Waals surface area contributed by atoms with Crippen LogP contribution in [0.3, 0.4) is 0 Å². The van der Waals surface area contributed by atoms with Gasteiger partial charge in [-0.3, -0.25) is 10.1 Å². The van der Waals surface area contributed by atoms with E-state index >= 15 is 0 Å². The van der Waals surface area contributed by atoms with Crippen LogP contribution in [0.2, 0.25) is 0 Å². The van der Waals surface area contributed by atoms with Gasteiger partial charge in [0.1, 0.15) is 10.8 Å². The van der Waals surface area contributed by atoms with Crippen molar-refractivity contribution in [2.45, 2.75) is 32.6 Å². The van der Waals surface area contributed by atoms with E-state index in [1.165, 1.54) is 23.5 Å². The Kier molecular flexibility index (Phi) is 5.41. The third-order valence-electron chi connectivity index (χ3n) is 3.17. The number of hydrogen-bond donors (Lipinski definition) is 1. The number of benzene rings is 1. The molecule has 0 saturated heterocycles. The van der Waals surface area contributed by atoms with Crippen LogP contribution < -0.4 is 5.32 Å². The summed E-state index contributed by atoms with van der Waals surface area (Å²) in [5, 5.41) is 11.9. The standard InChI is InChI=1S/C14H15BrFN3OS/c1-3-8(4-2)13-18-19-14(21-13)17-12(20)10-7-9(15)5-6-11(10)16/h5-8H,3-4H2,1-2H3,(H,17,19,20). The zero-order chi connectivity index (χ0) is 15.4. The molecule has 0 bridgehead atoms. The first-order chi connectivity index (χ1) is 10.0. The molecule has 0 saturated carbocycles. The maximum absolute atomic E-state index is 13.7. The molecule has 0 aliphatic carbocycles. The lowest BCUT2D eigenvalue weighted by molar-refractivity contribution is 0.102. The number of nitrogens with zero attached hydrogens (tertiary/aromatic N) is 2. The Morgan fingerprint density at radius 2 is 2.10 bits per heavy atom. The Labute approximate surface area is 134 Å². The molecule has 112 valence electrons. The minimum Gasteiger partial charge on any atom is -0.296 e. The van der Waals surface area contributed by atoms with Gasteiger partial charge in [0.05, 0.1) is 5.56 Å². The largest absolute Gasteiger partial charge is 0.296 e. The molecule has 1 amide bonds. The smallest absolute Gasteiger partial charge is 0.260 e. The molecule has 0 fully saturated rings. The van der Waals surface area contributed by atoms with Crippen LogP contribution in [0.4, 0.5) is 9.52 Å². The van der Waals surface area contributed by atoms with Crippen molar-refractivity contribution in [2.24, 2.45) is 0 Å². The summed E-state index contributed by atoms with van der Waals surface area (Å²) in [6.45, 7) is 4.18. The molecule has 0 radical (unpaired) electrons. The molecule has 0 aliphatic rings. The first-order valence-electron chi connectivity index (χ1n) is 6.64. The van der Waals surface area contributed by atoms with E-state index in [1.807, 2.05) is 0 Å². The highest BCUT2D eigenvalue weighted by atomic mass is 79.9. The van der Waals surface area contributed by atoms with Crippen molar-refractivity contribution in [1.82, 2.24) is 10.2 Å². The van der Waals surface area contributed by atoms with E-state index in [0.717, 1.165) is 17.8 Å². The maximum Gasteiger partial charge on any atom is 0.260 e. The topological polar surface area (TPSA) is 54.9 Å². The van der Waals surface area contributed by atoms with Gasteiger partial charge in [-0.2, -0.15) is 0 Å². The molecular formula is C14H15BrFN3OS. The Morgan fingerprint density at radius 3 is 2.76 bits per heavy atom. The molecule has 1 aromatic carbocycles. The van der Waals surface area contributed by atoms with E-state index in [4.69, 9.17) is 0 Å². The van der Waals surface area contributed by atoms with E-state index in [0.29, 0.717) is 15.5 Å². The Balaban J connectivity index is 2.15. The van der Waals surface area contributed by atoms with Crippen LogP contribution in [0.5, 0.6) is 0 Å². The van der Waals surface area contributed by atoms with E-state index in [-0.39, 0.29) is 5.56 Å². The summed E-state index contributed by atoms with van der Waals surface area (Å²) < 4.78 is 14.3. The van der Waals surface area contributed by atoms with Crippen LogP contribution in [-0.4, -0.2) is 16.1 Å². The molecule has 0 unspecified atom stereocenters.